The smallest absolute Gasteiger partial charge is 0.339 e. The molecule has 2 rings (SSSR count). The highest BCUT2D eigenvalue weighted by atomic mass is 79.9. The van der Waals surface area contributed by atoms with Gasteiger partial charge in [-0.3, -0.25) is 0 Å². The normalized spacial score (nSPS) is 10.6. The van der Waals surface area contributed by atoms with Gasteiger partial charge < -0.3 is 5.11 Å². The van der Waals surface area contributed by atoms with Crippen molar-refractivity contribution in [3.63, 3.8) is 0 Å². The second-order valence-electron chi connectivity index (χ2n) is 4.57. The highest BCUT2D eigenvalue weighted by Crippen LogP contribution is 2.24. The van der Waals surface area contributed by atoms with Gasteiger partial charge in [0.05, 0.1) is 11.3 Å². The van der Waals surface area contributed by atoms with Crippen molar-refractivity contribution in [2.45, 2.75) is 26.7 Å². The maximum atomic E-state index is 11.2. The number of aryl methyl sites for hydroxylation is 2. The number of aromatic nitrogens is 2. The number of nitrogens with zero attached hydrogens (tertiary/aromatic N) is 2. The second-order valence-corrected chi connectivity index (χ2v) is 5.43. The van der Waals surface area contributed by atoms with Crippen LogP contribution in [0, 0.1) is 6.92 Å². The van der Waals surface area contributed by atoms with Gasteiger partial charge in [-0.25, -0.2) is 14.8 Å². The predicted molar refractivity (Wildman–Crippen MR) is 80.9 cm³/mol. The van der Waals surface area contributed by atoms with E-state index >= 15 is 0 Å². The monoisotopic (exact) mass is 334 g/mol. The molecule has 5 heteroatoms. The van der Waals surface area contributed by atoms with E-state index in [0.717, 1.165) is 22.0 Å². The summed E-state index contributed by atoms with van der Waals surface area (Å²) in [6.45, 7) is 4.00. The van der Waals surface area contributed by atoms with E-state index in [9.17, 15) is 4.79 Å². The summed E-state index contributed by atoms with van der Waals surface area (Å²) in [5.41, 5.74) is 2.77. The molecule has 0 fully saturated rings. The minimum atomic E-state index is -0.981. The van der Waals surface area contributed by atoms with Crippen LogP contribution in [0.4, 0.5) is 0 Å². The molecule has 0 aliphatic carbocycles. The Balaban J connectivity index is 2.49. The van der Waals surface area contributed by atoms with E-state index in [2.05, 4.69) is 25.9 Å². The van der Waals surface area contributed by atoms with Crippen molar-refractivity contribution in [2.75, 3.05) is 0 Å². The van der Waals surface area contributed by atoms with Crippen molar-refractivity contribution in [3.05, 3.63) is 45.7 Å². The molecule has 0 aliphatic rings. The minimum Gasteiger partial charge on any atom is -0.478 e. The zero-order valence-electron chi connectivity index (χ0n) is 11.4. The van der Waals surface area contributed by atoms with E-state index in [1.54, 1.807) is 0 Å². The van der Waals surface area contributed by atoms with E-state index in [4.69, 9.17) is 5.11 Å². The Kier molecular flexibility index (Phi) is 4.49. The molecule has 0 atom stereocenters. The molecule has 0 bridgehead atoms. The first-order valence-corrected chi connectivity index (χ1v) is 7.18. The van der Waals surface area contributed by atoms with Crippen molar-refractivity contribution >= 4 is 21.9 Å². The van der Waals surface area contributed by atoms with Crippen LogP contribution < -0.4 is 0 Å². The number of halogens is 1. The Morgan fingerprint density at radius 1 is 1.40 bits per heavy atom. The maximum absolute atomic E-state index is 11.2. The van der Waals surface area contributed by atoms with Gasteiger partial charge in [0.25, 0.3) is 0 Å². The molecule has 1 heterocycles. The van der Waals surface area contributed by atoms with Crippen molar-refractivity contribution in [3.8, 4) is 11.4 Å². The summed E-state index contributed by atoms with van der Waals surface area (Å²) in [5.74, 6) is -0.427. The number of aromatic carboxylic acids is 1. The fourth-order valence-electron chi connectivity index (χ4n) is 1.89. The summed E-state index contributed by atoms with van der Waals surface area (Å²) in [6.07, 6.45) is 2.86. The zero-order valence-corrected chi connectivity index (χ0v) is 12.9. The molecule has 0 saturated heterocycles. The quantitative estimate of drug-likeness (QED) is 0.921. The second kappa shape index (κ2) is 6.13. The van der Waals surface area contributed by atoms with Gasteiger partial charge in [0.2, 0.25) is 0 Å². The Morgan fingerprint density at radius 3 is 2.75 bits per heavy atom. The van der Waals surface area contributed by atoms with Gasteiger partial charge in [-0.2, -0.15) is 0 Å². The zero-order chi connectivity index (χ0) is 14.7. The number of carbonyl (C=O) groups is 1. The SMILES string of the molecule is CCCc1nc(-c2ccc(C)c(Br)c2)ncc1C(=O)O. The molecule has 20 heavy (non-hydrogen) atoms. The minimum absolute atomic E-state index is 0.182. The van der Waals surface area contributed by atoms with E-state index in [1.165, 1.54) is 6.20 Å². The summed E-state index contributed by atoms with van der Waals surface area (Å²) in [5, 5.41) is 9.15. The van der Waals surface area contributed by atoms with Gasteiger partial charge in [-0.05, 0) is 25.0 Å². The lowest BCUT2D eigenvalue weighted by Gasteiger charge is -2.07. The molecule has 0 aliphatic heterocycles. The Hall–Kier alpha value is -1.75. The van der Waals surface area contributed by atoms with Crippen LogP contribution in [0.3, 0.4) is 0 Å². The van der Waals surface area contributed by atoms with Crippen LogP contribution in [-0.2, 0) is 6.42 Å². The molecule has 0 saturated carbocycles. The van der Waals surface area contributed by atoms with Gasteiger partial charge >= 0.3 is 5.97 Å². The van der Waals surface area contributed by atoms with Crippen molar-refractivity contribution in [1.29, 1.82) is 0 Å². The molecule has 4 nitrogen and oxygen atoms in total. The summed E-state index contributed by atoms with van der Waals surface area (Å²) in [6, 6.07) is 5.86. The molecular formula is C15H15BrN2O2. The number of hydrogen-bond donors (Lipinski definition) is 1. The fourth-order valence-corrected chi connectivity index (χ4v) is 2.27. The number of hydrogen-bond acceptors (Lipinski definition) is 3. The Morgan fingerprint density at radius 2 is 2.15 bits per heavy atom. The number of rotatable bonds is 4. The highest BCUT2D eigenvalue weighted by Gasteiger charge is 2.14. The predicted octanol–water partition coefficient (Wildman–Crippen LogP) is 3.87. The van der Waals surface area contributed by atoms with Gasteiger partial charge in [0.1, 0.15) is 0 Å². The van der Waals surface area contributed by atoms with Crippen LogP contribution in [-0.4, -0.2) is 21.0 Å². The van der Waals surface area contributed by atoms with Crippen LogP contribution in [0.1, 0.15) is 35.0 Å². The van der Waals surface area contributed by atoms with Crippen LogP contribution >= 0.6 is 15.9 Å². The number of carboxylic acid groups (broad SMARTS) is 1. The average molecular weight is 335 g/mol. The fraction of sp³-hybridized carbons (Fsp3) is 0.267. The van der Waals surface area contributed by atoms with Crippen molar-refractivity contribution in [2.24, 2.45) is 0 Å². The van der Waals surface area contributed by atoms with E-state index in [0.29, 0.717) is 17.9 Å². The van der Waals surface area contributed by atoms with Crippen molar-refractivity contribution in [1.82, 2.24) is 9.97 Å². The van der Waals surface area contributed by atoms with E-state index in [-0.39, 0.29) is 5.56 Å². The Bertz CT molecular complexity index is 656. The lowest BCUT2D eigenvalue weighted by molar-refractivity contribution is 0.0694. The van der Waals surface area contributed by atoms with Crippen molar-refractivity contribution < 1.29 is 9.90 Å². The van der Waals surface area contributed by atoms with Gasteiger partial charge in [0, 0.05) is 16.2 Å². The topological polar surface area (TPSA) is 63.1 Å². The number of carboxylic acids is 1. The molecule has 0 amide bonds. The summed E-state index contributed by atoms with van der Waals surface area (Å²) >= 11 is 3.48. The summed E-state index contributed by atoms with van der Waals surface area (Å²) < 4.78 is 0.984. The lowest BCUT2D eigenvalue weighted by atomic mass is 10.1. The first-order valence-electron chi connectivity index (χ1n) is 6.38. The maximum Gasteiger partial charge on any atom is 0.339 e. The molecule has 1 aromatic heterocycles. The van der Waals surface area contributed by atoms with Crippen LogP contribution in [0.2, 0.25) is 0 Å². The first-order chi connectivity index (χ1) is 9.52. The third kappa shape index (κ3) is 3.04. The third-order valence-corrected chi connectivity index (χ3v) is 3.87. The van der Waals surface area contributed by atoms with Crippen LogP contribution in [0.25, 0.3) is 11.4 Å². The summed E-state index contributed by atoms with van der Waals surface area (Å²) in [7, 11) is 0. The molecule has 0 unspecified atom stereocenters. The first kappa shape index (κ1) is 14.7. The third-order valence-electron chi connectivity index (χ3n) is 3.01. The molecule has 1 N–H and O–H groups in total. The molecular weight excluding hydrogens is 320 g/mol. The standard InChI is InChI=1S/C15H15BrN2O2/c1-3-4-13-11(15(19)20)8-17-14(18-13)10-6-5-9(2)12(16)7-10/h5-8H,3-4H2,1-2H3,(H,19,20). The molecule has 104 valence electrons. The van der Waals surface area contributed by atoms with Crippen LogP contribution in [0.5, 0.6) is 0 Å². The Labute approximate surface area is 126 Å². The van der Waals surface area contributed by atoms with Gasteiger partial charge in [-0.15, -0.1) is 0 Å². The average Bonchev–Trinajstić information content (AvgIpc) is 2.42. The lowest BCUT2D eigenvalue weighted by Crippen LogP contribution is -2.07. The molecule has 0 radical (unpaired) electrons. The van der Waals surface area contributed by atoms with E-state index < -0.39 is 5.97 Å². The molecule has 1 aromatic carbocycles. The summed E-state index contributed by atoms with van der Waals surface area (Å²) in [4.78, 5) is 19.7. The molecule has 2 aromatic rings. The van der Waals surface area contributed by atoms with E-state index in [1.807, 2.05) is 32.0 Å². The highest BCUT2D eigenvalue weighted by molar-refractivity contribution is 9.10. The largest absolute Gasteiger partial charge is 0.478 e. The number of benzene rings is 1. The van der Waals surface area contributed by atoms with Gasteiger partial charge in [-0.1, -0.05) is 41.4 Å². The van der Waals surface area contributed by atoms with Crippen LogP contribution in [0.15, 0.2) is 28.9 Å². The molecule has 0 spiro atoms. The van der Waals surface area contributed by atoms with Gasteiger partial charge in [0.15, 0.2) is 5.82 Å².